The molecular formula is C19H19N3O4. The van der Waals surface area contributed by atoms with E-state index < -0.39 is 12.0 Å². The van der Waals surface area contributed by atoms with Gasteiger partial charge in [-0.2, -0.15) is 0 Å². The van der Waals surface area contributed by atoms with Gasteiger partial charge >= 0.3 is 5.97 Å². The minimum atomic E-state index is -0.931. The van der Waals surface area contributed by atoms with E-state index in [2.05, 4.69) is 4.98 Å². The minimum Gasteiger partial charge on any atom is -0.486 e. The van der Waals surface area contributed by atoms with Gasteiger partial charge in [0.25, 0.3) is 0 Å². The first-order valence-electron chi connectivity index (χ1n) is 8.42. The SMILES string of the molecule is CC(C(=O)O)n1c(-c2ccc(CN)cc2)nc2cc3c(cc21)OCCO3. The molecule has 1 atom stereocenters. The molecule has 3 N–H and O–H groups in total. The Morgan fingerprint density at radius 2 is 1.88 bits per heavy atom. The molecule has 4 rings (SSSR count). The molecule has 0 saturated heterocycles. The normalized spacial score (nSPS) is 14.4. The summed E-state index contributed by atoms with van der Waals surface area (Å²) in [6, 6.07) is 10.5. The van der Waals surface area contributed by atoms with Crippen LogP contribution >= 0.6 is 0 Å². The van der Waals surface area contributed by atoms with Gasteiger partial charge in [0.2, 0.25) is 0 Å². The molecule has 7 nitrogen and oxygen atoms in total. The van der Waals surface area contributed by atoms with Crippen molar-refractivity contribution < 1.29 is 19.4 Å². The van der Waals surface area contributed by atoms with Crippen LogP contribution < -0.4 is 15.2 Å². The summed E-state index contributed by atoms with van der Waals surface area (Å²) in [7, 11) is 0. The molecule has 0 spiro atoms. The molecule has 0 radical (unpaired) electrons. The maximum Gasteiger partial charge on any atom is 0.326 e. The molecule has 1 aromatic heterocycles. The van der Waals surface area contributed by atoms with Crippen LogP contribution in [-0.2, 0) is 11.3 Å². The molecule has 7 heteroatoms. The summed E-state index contributed by atoms with van der Waals surface area (Å²) < 4.78 is 13.0. The molecule has 134 valence electrons. The number of carbonyl (C=O) groups is 1. The molecule has 0 bridgehead atoms. The lowest BCUT2D eigenvalue weighted by molar-refractivity contribution is -0.140. The fraction of sp³-hybridized carbons (Fsp3) is 0.263. The second-order valence-electron chi connectivity index (χ2n) is 6.21. The third-order valence-electron chi connectivity index (χ3n) is 4.55. The van der Waals surface area contributed by atoms with Gasteiger partial charge in [0.1, 0.15) is 25.1 Å². The van der Waals surface area contributed by atoms with Crippen LogP contribution in [0.25, 0.3) is 22.4 Å². The van der Waals surface area contributed by atoms with E-state index in [1.807, 2.05) is 24.3 Å². The Balaban J connectivity index is 1.95. The number of carboxylic acids is 1. The average Bonchev–Trinajstić information content (AvgIpc) is 3.03. The smallest absolute Gasteiger partial charge is 0.326 e. The van der Waals surface area contributed by atoms with E-state index in [0.717, 1.165) is 11.1 Å². The molecule has 1 aliphatic heterocycles. The number of imidazole rings is 1. The first kappa shape index (κ1) is 16.4. The minimum absolute atomic E-state index is 0.448. The van der Waals surface area contributed by atoms with E-state index in [1.54, 1.807) is 23.6 Å². The largest absolute Gasteiger partial charge is 0.486 e. The zero-order valence-electron chi connectivity index (χ0n) is 14.3. The van der Waals surface area contributed by atoms with Gasteiger partial charge in [0.05, 0.1) is 11.0 Å². The number of aromatic nitrogens is 2. The summed E-state index contributed by atoms with van der Waals surface area (Å²) in [6.07, 6.45) is 0. The van der Waals surface area contributed by atoms with E-state index in [4.69, 9.17) is 15.2 Å². The summed E-state index contributed by atoms with van der Waals surface area (Å²) in [5, 5.41) is 9.58. The third kappa shape index (κ3) is 2.66. The van der Waals surface area contributed by atoms with Gasteiger partial charge in [-0.05, 0) is 12.5 Å². The van der Waals surface area contributed by atoms with Crippen molar-refractivity contribution in [3.05, 3.63) is 42.0 Å². The Morgan fingerprint density at radius 1 is 1.23 bits per heavy atom. The van der Waals surface area contributed by atoms with E-state index >= 15 is 0 Å². The van der Waals surface area contributed by atoms with Crippen molar-refractivity contribution in [1.29, 1.82) is 0 Å². The van der Waals surface area contributed by atoms with Crippen LogP contribution in [0.1, 0.15) is 18.5 Å². The van der Waals surface area contributed by atoms with E-state index in [1.165, 1.54) is 0 Å². The van der Waals surface area contributed by atoms with Crippen LogP contribution in [-0.4, -0.2) is 33.8 Å². The fourth-order valence-electron chi connectivity index (χ4n) is 3.13. The lowest BCUT2D eigenvalue weighted by Crippen LogP contribution is -2.17. The summed E-state index contributed by atoms with van der Waals surface area (Å²) in [4.78, 5) is 16.4. The van der Waals surface area contributed by atoms with Crippen molar-refractivity contribution in [2.24, 2.45) is 5.73 Å². The molecular weight excluding hydrogens is 334 g/mol. The Kier molecular flexibility index (Phi) is 4.00. The monoisotopic (exact) mass is 353 g/mol. The molecule has 1 unspecified atom stereocenters. The number of nitrogens with two attached hydrogens (primary N) is 1. The van der Waals surface area contributed by atoms with Crippen molar-refractivity contribution in [3.8, 4) is 22.9 Å². The molecule has 0 fully saturated rings. The van der Waals surface area contributed by atoms with E-state index in [0.29, 0.717) is 48.1 Å². The number of fused-ring (bicyclic) bond motifs is 2. The third-order valence-corrected chi connectivity index (χ3v) is 4.55. The van der Waals surface area contributed by atoms with Crippen LogP contribution in [0.4, 0.5) is 0 Å². The van der Waals surface area contributed by atoms with Crippen molar-refractivity contribution in [2.75, 3.05) is 13.2 Å². The maximum absolute atomic E-state index is 11.7. The highest BCUT2D eigenvalue weighted by Gasteiger charge is 2.24. The van der Waals surface area contributed by atoms with E-state index in [9.17, 15) is 9.90 Å². The second-order valence-corrected chi connectivity index (χ2v) is 6.21. The first-order chi connectivity index (χ1) is 12.6. The van der Waals surface area contributed by atoms with Gasteiger partial charge in [0.15, 0.2) is 11.5 Å². The standard InChI is InChI=1S/C19H19N3O4/c1-11(19(23)24)22-15-9-17-16(25-6-7-26-17)8-14(15)21-18(22)13-4-2-12(10-20)3-5-13/h2-5,8-9,11H,6-7,10,20H2,1H3,(H,23,24). The van der Waals surface area contributed by atoms with Crippen LogP contribution in [0.3, 0.4) is 0 Å². The average molecular weight is 353 g/mol. The van der Waals surface area contributed by atoms with Crippen LogP contribution in [0.5, 0.6) is 11.5 Å². The molecule has 3 aromatic rings. The second kappa shape index (κ2) is 6.34. The van der Waals surface area contributed by atoms with Crippen LogP contribution in [0, 0.1) is 0 Å². The van der Waals surface area contributed by atoms with Crippen LogP contribution in [0.15, 0.2) is 36.4 Å². The molecule has 26 heavy (non-hydrogen) atoms. The number of ether oxygens (including phenoxy) is 2. The highest BCUT2D eigenvalue weighted by Crippen LogP contribution is 2.37. The Hall–Kier alpha value is -3.06. The highest BCUT2D eigenvalue weighted by molar-refractivity contribution is 5.87. The number of rotatable bonds is 4. The summed E-state index contributed by atoms with van der Waals surface area (Å²) >= 11 is 0. The summed E-state index contributed by atoms with van der Waals surface area (Å²) in [5.74, 6) is 0.883. The van der Waals surface area contributed by atoms with Gasteiger partial charge in [0, 0.05) is 24.2 Å². The number of nitrogens with zero attached hydrogens (tertiary/aromatic N) is 2. The quantitative estimate of drug-likeness (QED) is 0.748. The van der Waals surface area contributed by atoms with Crippen molar-refractivity contribution in [2.45, 2.75) is 19.5 Å². The summed E-state index contributed by atoms with van der Waals surface area (Å²) in [5.41, 5.74) is 8.85. The number of aliphatic carboxylic acids is 1. The molecule has 0 aliphatic carbocycles. The Bertz CT molecular complexity index is 979. The number of hydrogen-bond donors (Lipinski definition) is 2. The Labute approximate surface area is 150 Å². The number of benzene rings is 2. The lowest BCUT2D eigenvalue weighted by atomic mass is 10.1. The van der Waals surface area contributed by atoms with E-state index in [-0.39, 0.29) is 0 Å². The molecule has 0 saturated carbocycles. The maximum atomic E-state index is 11.7. The van der Waals surface area contributed by atoms with Crippen LogP contribution in [0.2, 0.25) is 0 Å². The first-order valence-corrected chi connectivity index (χ1v) is 8.42. The lowest BCUT2D eigenvalue weighted by Gasteiger charge is -2.19. The van der Waals surface area contributed by atoms with Crippen molar-refractivity contribution in [1.82, 2.24) is 9.55 Å². The van der Waals surface area contributed by atoms with Gasteiger partial charge in [-0.3, -0.25) is 0 Å². The van der Waals surface area contributed by atoms with Crippen molar-refractivity contribution >= 4 is 17.0 Å². The number of carboxylic acid groups (broad SMARTS) is 1. The predicted octanol–water partition coefficient (Wildman–Crippen LogP) is 2.58. The fourth-order valence-corrected chi connectivity index (χ4v) is 3.13. The molecule has 1 aliphatic rings. The Morgan fingerprint density at radius 3 is 2.50 bits per heavy atom. The van der Waals surface area contributed by atoms with Gasteiger partial charge < -0.3 is 24.9 Å². The predicted molar refractivity (Wildman–Crippen MR) is 96.4 cm³/mol. The van der Waals surface area contributed by atoms with Gasteiger partial charge in [-0.1, -0.05) is 24.3 Å². The topological polar surface area (TPSA) is 99.6 Å². The molecule has 2 heterocycles. The molecule has 0 amide bonds. The van der Waals surface area contributed by atoms with Crippen molar-refractivity contribution in [3.63, 3.8) is 0 Å². The van der Waals surface area contributed by atoms with Gasteiger partial charge in [-0.25, -0.2) is 9.78 Å². The van der Waals surface area contributed by atoms with Gasteiger partial charge in [-0.15, -0.1) is 0 Å². The highest BCUT2D eigenvalue weighted by atomic mass is 16.6. The molecule has 2 aromatic carbocycles. The summed E-state index contributed by atoms with van der Waals surface area (Å²) in [6.45, 7) is 3.04. The zero-order valence-corrected chi connectivity index (χ0v) is 14.3. The number of hydrogen-bond acceptors (Lipinski definition) is 5. The zero-order chi connectivity index (χ0) is 18.3.